The van der Waals surface area contributed by atoms with Gasteiger partial charge >= 0.3 is 5.97 Å². The Balaban J connectivity index is 0.920. The number of unbranched alkanes of at least 4 members (excludes halogenated alkanes) is 12. The van der Waals surface area contributed by atoms with Crippen molar-refractivity contribution in [2.75, 3.05) is 6.61 Å². The maximum atomic E-state index is 12.8. The molecule has 6 rings (SSSR count). The maximum absolute atomic E-state index is 12.8. The minimum Gasteiger partial charge on any atom is -0.462 e. The highest BCUT2D eigenvalue weighted by molar-refractivity contribution is 5.69. The van der Waals surface area contributed by atoms with E-state index in [9.17, 15) is 4.79 Å². The van der Waals surface area contributed by atoms with E-state index in [2.05, 4.69) is 40.7 Å². The van der Waals surface area contributed by atoms with Gasteiger partial charge in [0, 0.05) is 25.2 Å². The molecule has 2 heterocycles. The van der Waals surface area contributed by atoms with Gasteiger partial charge in [-0.15, -0.1) is 0 Å². The second-order valence-corrected chi connectivity index (χ2v) is 18.1. The Morgan fingerprint density at radius 3 is 2.19 bits per heavy atom. The number of carbonyl (C=O) groups excluding carboxylic acids is 1. The molecule has 4 nitrogen and oxygen atoms in total. The van der Waals surface area contributed by atoms with E-state index in [1.807, 2.05) is 0 Å². The molecule has 4 aliphatic carbocycles. The third-order valence-corrected chi connectivity index (χ3v) is 15.1. The SMILES string of the molecule is CCCCCCCCCCCCCCCC(=O)O[C@H]1CC[C@@]2(C)C(=CC[C@H]3[C@@H]4C[C@@H]5O[C@]6(CC[C@@H](C)CO6)[C@@H](C)[C@@H]5[C@@]4(C)CC[C@@H]32)C1. The van der Waals surface area contributed by atoms with Crippen molar-refractivity contribution >= 4 is 5.97 Å². The number of ether oxygens (including phenoxy) is 3. The first-order valence-corrected chi connectivity index (χ1v) is 20.9. The first kappa shape index (κ1) is 35.9. The molecular formula is C43H72O4. The summed E-state index contributed by atoms with van der Waals surface area (Å²) in [5.74, 6) is 3.78. The second kappa shape index (κ2) is 15.6. The Hall–Kier alpha value is -0.870. The van der Waals surface area contributed by atoms with Gasteiger partial charge in [-0.3, -0.25) is 4.79 Å². The van der Waals surface area contributed by atoms with Crippen molar-refractivity contribution < 1.29 is 19.0 Å². The molecule has 0 aromatic heterocycles. The van der Waals surface area contributed by atoms with Gasteiger partial charge in [0.15, 0.2) is 5.79 Å². The van der Waals surface area contributed by atoms with Crippen molar-refractivity contribution in [1.29, 1.82) is 0 Å². The van der Waals surface area contributed by atoms with Crippen molar-refractivity contribution in [3.63, 3.8) is 0 Å². The highest BCUT2D eigenvalue weighted by Crippen LogP contribution is 2.70. The lowest BCUT2D eigenvalue weighted by atomic mass is 9.47. The van der Waals surface area contributed by atoms with Gasteiger partial charge in [0.05, 0.1) is 12.7 Å². The Kier molecular flexibility index (Phi) is 11.9. The summed E-state index contributed by atoms with van der Waals surface area (Å²) in [5, 5.41) is 0. The highest BCUT2D eigenvalue weighted by Gasteiger charge is 2.68. The van der Waals surface area contributed by atoms with Gasteiger partial charge in [0.1, 0.15) is 6.10 Å². The molecule has 5 fully saturated rings. The Morgan fingerprint density at radius 2 is 1.53 bits per heavy atom. The average Bonchev–Trinajstić information content (AvgIpc) is 3.50. The molecule has 1 spiro atoms. The largest absolute Gasteiger partial charge is 0.462 e. The zero-order chi connectivity index (χ0) is 33.1. The van der Waals surface area contributed by atoms with Crippen LogP contribution < -0.4 is 0 Å². The van der Waals surface area contributed by atoms with Crippen molar-refractivity contribution in [2.24, 2.45) is 46.3 Å². The predicted octanol–water partition coefficient (Wildman–Crippen LogP) is 11.7. The number of hydrogen-bond acceptors (Lipinski definition) is 4. The van der Waals surface area contributed by atoms with E-state index < -0.39 is 0 Å². The average molecular weight is 653 g/mol. The maximum Gasteiger partial charge on any atom is 0.306 e. The van der Waals surface area contributed by atoms with Crippen LogP contribution in [0.3, 0.4) is 0 Å². The van der Waals surface area contributed by atoms with E-state index in [4.69, 9.17) is 14.2 Å². The molecule has 0 amide bonds. The van der Waals surface area contributed by atoms with E-state index >= 15 is 0 Å². The third kappa shape index (κ3) is 7.45. The number of fused-ring (bicyclic) bond motifs is 7. The Labute approximate surface area is 289 Å². The van der Waals surface area contributed by atoms with Gasteiger partial charge in [-0.05, 0) is 91.8 Å². The topological polar surface area (TPSA) is 44.8 Å². The minimum absolute atomic E-state index is 0.0465. The van der Waals surface area contributed by atoms with Crippen molar-refractivity contribution in [2.45, 2.75) is 200 Å². The van der Waals surface area contributed by atoms with Crippen molar-refractivity contribution in [1.82, 2.24) is 0 Å². The molecule has 0 radical (unpaired) electrons. The number of esters is 1. The van der Waals surface area contributed by atoms with Crippen molar-refractivity contribution in [3.05, 3.63) is 11.6 Å². The molecule has 6 aliphatic rings. The lowest BCUT2D eigenvalue weighted by Gasteiger charge is -2.58. The summed E-state index contributed by atoms with van der Waals surface area (Å²) < 4.78 is 19.7. The lowest BCUT2D eigenvalue weighted by Crippen LogP contribution is -2.52. The molecule has 3 saturated carbocycles. The first-order valence-electron chi connectivity index (χ1n) is 20.9. The van der Waals surface area contributed by atoms with Gasteiger partial charge < -0.3 is 14.2 Å². The Morgan fingerprint density at radius 1 is 0.851 bits per heavy atom. The summed E-state index contributed by atoms with van der Waals surface area (Å²) in [6.07, 6.45) is 31.6. The number of rotatable bonds is 15. The summed E-state index contributed by atoms with van der Waals surface area (Å²) in [6.45, 7) is 13.1. The van der Waals surface area contributed by atoms with E-state index in [1.54, 1.807) is 5.57 Å². The fraction of sp³-hybridized carbons (Fsp3) is 0.930. The van der Waals surface area contributed by atoms with Gasteiger partial charge in [-0.25, -0.2) is 0 Å². The zero-order valence-electron chi connectivity index (χ0n) is 31.3. The molecule has 0 aromatic carbocycles. The lowest BCUT2D eigenvalue weighted by molar-refractivity contribution is -0.272. The first-order chi connectivity index (χ1) is 22.7. The predicted molar refractivity (Wildman–Crippen MR) is 192 cm³/mol. The summed E-state index contributed by atoms with van der Waals surface area (Å²) in [5.41, 5.74) is 2.25. The van der Waals surface area contributed by atoms with Gasteiger partial charge in [-0.1, -0.05) is 123 Å². The molecule has 2 saturated heterocycles. The van der Waals surface area contributed by atoms with Gasteiger partial charge in [-0.2, -0.15) is 0 Å². The van der Waals surface area contributed by atoms with Crippen LogP contribution in [0.5, 0.6) is 0 Å². The highest BCUT2D eigenvalue weighted by atomic mass is 16.7. The second-order valence-electron chi connectivity index (χ2n) is 18.1. The number of carbonyl (C=O) groups is 1. The van der Waals surface area contributed by atoms with Crippen LogP contribution in [0, 0.1) is 46.3 Å². The molecule has 4 heteroatoms. The molecular weight excluding hydrogens is 580 g/mol. The van der Waals surface area contributed by atoms with Crippen LogP contribution in [0.2, 0.25) is 0 Å². The molecule has 0 bridgehead atoms. The summed E-state index contributed by atoms with van der Waals surface area (Å²) in [6, 6.07) is 0. The van der Waals surface area contributed by atoms with E-state index in [-0.39, 0.29) is 23.3 Å². The molecule has 0 N–H and O–H groups in total. The van der Waals surface area contributed by atoms with Crippen LogP contribution in [0.1, 0.15) is 182 Å². The standard InChI is InChI=1S/C43H72O4/c1-6-7-8-9-10-11-12-13-14-15-16-17-18-19-39(44)46-34-23-25-41(4)33(28-34)20-21-35-36(41)24-26-42(5)37(35)29-38-40(42)32(3)43(47-38)27-22-31(2)30-45-43/h20,31-32,34-38,40H,6-19,21-30H2,1-5H3/t31-,32+,34+,35-,36+,37+,38+,40+,41+,42+,43-/m1/s1. The number of hydrogen-bond donors (Lipinski definition) is 0. The van der Waals surface area contributed by atoms with Crippen molar-refractivity contribution in [3.8, 4) is 0 Å². The third-order valence-electron chi connectivity index (χ3n) is 15.1. The fourth-order valence-electron chi connectivity index (χ4n) is 12.3. The molecule has 0 unspecified atom stereocenters. The van der Waals surface area contributed by atoms with Crippen LogP contribution in [0.15, 0.2) is 11.6 Å². The Bertz CT molecular complexity index is 1060. The molecule has 0 aromatic rings. The normalized spacial score (nSPS) is 42.4. The molecule has 2 aliphatic heterocycles. The van der Waals surface area contributed by atoms with Gasteiger partial charge in [0.25, 0.3) is 0 Å². The zero-order valence-corrected chi connectivity index (χ0v) is 31.3. The molecule has 47 heavy (non-hydrogen) atoms. The summed E-state index contributed by atoms with van der Waals surface area (Å²) >= 11 is 0. The van der Waals surface area contributed by atoms with E-state index in [1.165, 1.54) is 116 Å². The summed E-state index contributed by atoms with van der Waals surface area (Å²) in [7, 11) is 0. The van der Waals surface area contributed by atoms with Crippen LogP contribution in [0.4, 0.5) is 0 Å². The summed E-state index contributed by atoms with van der Waals surface area (Å²) in [4.78, 5) is 12.8. The smallest absolute Gasteiger partial charge is 0.306 e. The van der Waals surface area contributed by atoms with Crippen LogP contribution in [-0.4, -0.2) is 30.6 Å². The van der Waals surface area contributed by atoms with E-state index in [0.29, 0.717) is 35.7 Å². The van der Waals surface area contributed by atoms with Gasteiger partial charge in [0.2, 0.25) is 0 Å². The number of allylic oxidation sites excluding steroid dienone is 1. The van der Waals surface area contributed by atoms with Crippen LogP contribution in [0.25, 0.3) is 0 Å². The molecule has 11 atom stereocenters. The van der Waals surface area contributed by atoms with Crippen LogP contribution in [-0.2, 0) is 19.0 Å². The van der Waals surface area contributed by atoms with E-state index in [0.717, 1.165) is 50.0 Å². The fourth-order valence-corrected chi connectivity index (χ4v) is 12.3. The quantitative estimate of drug-likeness (QED) is 0.100. The molecule has 268 valence electrons. The minimum atomic E-state index is -0.319. The van der Waals surface area contributed by atoms with Crippen LogP contribution >= 0.6 is 0 Å². The monoisotopic (exact) mass is 653 g/mol.